The van der Waals surface area contributed by atoms with Crippen LogP contribution >= 0.6 is 15.9 Å². The maximum Gasteiger partial charge on any atom is 0.273 e. The molecule has 0 bridgehead atoms. The zero-order valence-corrected chi connectivity index (χ0v) is 10.2. The molecule has 1 aromatic carbocycles. The van der Waals surface area contributed by atoms with Crippen molar-refractivity contribution < 1.29 is 0 Å². The Morgan fingerprint density at radius 2 is 2.12 bits per heavy atom. The highest BCUT2D eigenvalue weighted by molar-refractivity contribution is 9.10. The first-order valence-corrected chi connectivity index (χ1v) is 5.48. The van der Waals surface area contributed by atoms with Crippen molar-refractivity contribution in [1.82, 2.24) is 9.78 Å². The topological polar surface area (TPSA) is 60.9 Å². The lowest BCUT2D eigenvalue weighted by atomic mass is 10.2. The Bertz CT molecular complexity index is 592. The van der Waals surface area contributed by atoms with Crippen LogP contribution in [0, 0.1) is 6.92 Å². The molecule has 0 aliphatic rings. The van der Waals surface area contributed by atoms with Crippen LogP contribution in [0.5, 0.6) is 0 Å². The first kappa shape index (κ1) is 10.9. The minimum absolute atomic E-state index is 0.235. The molecular weight excluding hydrogens is 270 g/mol. The van der Waals surface area contributed by atoms with E-state index in [9.17, 15) is 4.79 Å². The quantitative estimate of drug-likeness (QED) is 0.867. The third-order valence-corrected chi connectivity index (χ3v) is 3.10. The summed E-state index contributed by atoms with van der Waals surface area (Å²) in [5.41, 5.74) is 7.38. The van der Waals surface area contributed by atoms with Crippen LogP contribution in [0.4, 0.5) is 5.69 Å². The van der Waals surface area contributed by atoms with E-state index >= 15 is 0 Å². The monoisotopic (exact) mass is 279 g/mol. The normalized spacial score (nSPS) is 10.4. The van der Waals surface area contributed by atoms with Crippen LogP contribution in [0.3, 0.4) is 0 Å². The molecule has 0 fully saturated rings. The molecule has 0 atom stereocenters. The number of aryl methyl sites for hydroxylation is 1. The summed E-state index contributed by atoms with van der Waals surface area (Å²) in [6.45, 7) is 1.95. The molecule has 5 heteroatoms. The highest BCUT2D eigenvalue weighted by Gasteiger charge is 2.03. The van der Waals surface area contributed by atoms with Gasteiger partial charge in [-0.15, -0.1) is 0 Å². The molecule has 2 rings (SSSR count). The van der Waals surface area contributed by atoms with Gasteiger partial charge in [0.1, 0.15) is 0 Å². The van der Waals surface area contributed by atoms with E-state index in [-0.39, 0.29) is 5.56 Å². The fraction of sp³-hybridized carbons (Fsp3) is 0.0909. The molecule has 82 valence electrons. The van der Waals surface area contributed by atoms with Gasteiger partial charge in [0, 0.05) is 10.5 Å². The van der Waals surface area contributed by atoms with E-state index in [1.54, 1.807) is 0 Å². The van der Waals surface area contributed by atoms with Gasteiger partial charge >= 0.3 is 0 Å². The summed E-state index contributed by atoms with van der Waals surface area (Å²) < 4.78 is 2.32. The predicted molar refractivity (Wildman–Crippen MR) is 66.7 cm³/mol. The molecule has 0 saturated carbocycles. The summed E-state index contributed by atoms with van der Waals surface area (Å²) in [7, 11) is 0. The van der Waals surface area contributed by atoms with Gasteiger partial charge in [-0.25, -0.2) is 0 Å². The van der Waals surface area contributed by atoms with Gasteiger partial charge in [0.25, 0.3) is 5.56 Å². The summed E-state index contributed by atoms with van der Waals surface area (Å²) >= 11 is 3.40. The van der Waals surface area contributed by atoms with E-state index in [1.807, 2.05) is 25.1 Å². The van der Waals surface area contributed by atoms with Gasteiger partial charge in [-0.1, -0.05) is 15.9 Å². The standard InChI is InChI=1S/C11H10BrN3O/c1-7-4-9(2-3-10(7)12)15-11(16)5-8(13)6-14-15/h2-6H,13H2,1H3. The number of nitrogens with two attached hydrogens (primary N) is 1. The number of aromatic nitrogens is 2. The number of nitrogens with zero attached hydrogens (tertiary/aromatic N) is 2. The number of benzene rings is 1. The molecule has 0 spiro atoms. The third kappa shape index (κ3) is 1.99. The fourth-order valence-corrected chi connectivity index (χ4v) is 1.62. The second kappa shape index (κ2) is 4.09. The molecule has 4 nitrogen and oxygen atoms in total. The van der Waals surface area contributed by atoms with Crippen LogP contribution in [-0.2, 0) is 0 Å². The van der Waals surface area contributed by atoms with Crippen molar-refractivity contribution in [1.29, 1.82) is 0 Å². The molecule has 0 aliphatic heterocycles. The van der Waals surface area contributed by atoms with Crippen molar-refractivity contribution in [3.05, 3.63) is 50.9 Å². The maximum atomic E-state index is 11.6. The van der Waals surface area contributed by atoms with Crippen LogP contribution in [-0.4, -0.2) is 9.78 Å². The van der Waals surface area contributed by atoms with Crippen molar-refractivity contribution in [3.63, 3.8) is 0 Å². The number of anilines is 1. The van der Waals surface area contributed by atoms with Crippen molar-refractivity contribution in [2.24, 2.45) is 0 Å². The molecule has 0 aliphatic carbocycles. The number of hydrogen-bond acceptors (Lipinski definition) is 3. The van der Waals surface area contributed by atoms with E-state index in [4.69, 9.17) is 5.73 Å². The summed E-state index contributed by atoms with van der Waals surface area (Å²) in [5.74, 6) is 0. The van der Waals surface area contributed by atoms with E-state index in [1.165, 1.54) is 16.9 Å². The lowest BCUT2D eigenvalue weighted by Gasteiger charge is -2.06. The Morgan fingerprint density at radius 3 is 2.75 bits per heavy atom. The van der Waals surface area contributed by atoms with Crippen molar-refractivity contribution in [2.45, 2.75) is 6.92 Å². The van der Waals surface area contributed by atoms with Gasteiger partial charge in [0.15, 0.2) is 0 Å². The van der Waals surface area contributed by atoms with E-state index in [0.717, 1.165) is 15.7 Å². The summed E-state index contributed by atoms with van der Waals surface area (Å²) in [6, 6.07) is 6.94. The minimum Gasteiger partial charge on any atom is -0.397 e. The Kier molecular flexibility index (Phi) is 2.78. The molecule has 0 unspecified atom stereocenters. The smallest absolute Gasteiger partial charge is 0.273 e. The first-order valence-electron chi connectivity index (χ1n) is 4.69. The van der Waals surface area contributed by atoms with Gasteiger partial charge in [-0.2, -0.15) is 9.78 Å². The van der Waals surface area contributed by atoms with Gasteiger partial charge in [-0.3, -0.25) is 4.79 Å². The fourth-order valence-electron chi connectivity index (χ4n) is 1.38. The van der Waals surface area contributed by atoms with Crippen LogP contribution < -0.4 is 11.3 Å². The zero-order valence-electron chi connectivity index (χ0n) is 8.64. The minimum atomic E-state index is -0.235. The van der Waals surface area contributed by atoms with Crippen molar-refractivity contribution in [2.75, 3.05) is 5.73 Å². The largest absolute Gasteiger partial charge is 0.397 e. The molecule has 0 amide bonds. The van der Waals surface area contributed by atoms with Gasteiger partial charge in [0.05, 0.1) is 17.6 Å². The van der Waals surface area contributed by atoms with E-state index in [2.05, 4.69) is 21.0 Å². The number of hydrogen-bond donors (Lipinski definition) is 1. The third-order valence-electron chi connectivity index (χ3n) is 2.21. The number of nitrogen functional groups attached to an aromatic ring is 1. The molecule has 2 aromatic rings. The zero-order chi connectivity index (χ0) is 11.7. The second-order valence-corrected chi connectivity index (χ2v) is 4.33. The van der Waals surface area contributed by atoms with Gasteiger partial charge in [-0.05, 0) is 30.7 Å². The highest BCUT2D eigenvalue weighted by atomic mass is 79.9. The average molecular weight is 280 g/mol. The Morgan fingerprint density at radius 1 is 1.38 bits per heavy atom. The van der Waals surface area contributed by atoms with Gasteiger partial charge in [0.2, 0.25) is 0 Å². The van der Waals surface area contributed by atoms with Crippen LogP contribution in [0.2, 0.25) is 0 Å². The van der Waals surface area contributed by atoms with E-state index in [0.29, 0.717) is 5.69 Å². The molecule has 1 heterocycles. The Hall–Kier alpha value is -1.62. The number of rotatable bonds is 1. The lowest BCUT2D eigenvalue weighted by molar-refractivity contribution is 0.808. The molecule has 0 saturated heterocycles. The van der Waals surface area contributed by atoms with Crippen molar-refractivity contribution in [3.8, 4) is 5.69 Å². The molecule has 1 aromatic heterocycles. The van der Waals surface area contributed by atoms with E-state index < -0.39 is 0 Å². The van der Waals surface area contributed by atoms with Crippen LogP contribution in [0.25, 0.3) is 5.69 Å². The summed E-state index contributed by atoms with van der Waals surface area (Å²) in [5, 5.41) is 3.98. The average Bonchev–Trinajstić information content (AvgIpc) is 2.22. The summed E-state index contributed by atoms with van der Waals surface area (Å²) in [6.07, 6.45) is 1.46. The second-order valence-electron chi connectivity index (χ2n) is 3.47. The van der Waals surface area contributed by atoms with Crippen molar-refractivity contribution >= 4 is 21.6 Å². The SMILES string of the molecule is Cc1cc(-n2ncc(N)cc2=O)ccc1Br. The Balaban J connectivity index is 2.59. The molecule has 16 heavy (non-hydrogen) atoms. The molecule has 2 N–H and O–H groups in total. The molecular formula is C11H10BrN3O. The summed E-state index contributed by atoms with van der Waals surface area (Å²) in [4.78, 5) is 11.6. The maximum absolute atomic E-state index is 11.6. The highest BCUT2D eigenvalue weighted by Crippen LogP contribution is 2.18. The lowest BCUT2D eigenvalue weighted by Crippen LogP contribution is -2.20. The number of halogens is 1. The molecule has 0 radical (unpaired) electrons. The Labute approximate surface area is 101 Å². The first-order chi connectivity index (χ1) is 7.58. The van der Waals surface area contributed by atoms with Crippen LogP contribution in [0.15, 0.2) is 39.7 Å². The van der Waals surface area contributed by atoms with Gasteiger partial charge < -0.3 is 5.73 Å². The van der Waals surface area contributed by atoms with Crippen LogP contribution in [0.1, 0.15) is 5.56 Å². The predicted octanol–water partition coefficient (Wildman–Crippen LogP) is 1.89.